The fourth-order valence-corrected chi connectivity index (χ4v) is 2.66. The van der Waals surface area contributed by atoms with E-state index < -0.39 is 0 Å². The van der Waals surface area contributed by atoms with Crippen LogP contribution in [0.25, 0.3) is 4.96 Å². The summed E-state index contributed by atoms with van der Waals surface area (Å²) in [6.45, 7) is 4.68. The molecule has 19 heavy (non-hydrogen) atoms. The summed E-state index contributed by atoms with van der Waals surface area (Å²) < 4.78 is 2.04. The van der Waals surface area contributed by atoms with Crippen LogP contribution in [-0.2, 0) is 13.0 Å². The number of aryl methyl sites for hydroxylation is 2. The van der Waals surface area contributed by atoms with Gasteiger partial charge in [-0.15, -0.1) is 11.3 Å². The molecule has 0 unspecified atom stereocenters. The molecule has 0 radical (unpaired) electrons. The number of rotatable bonds is 4. The highest BCUT2D eigenvalue weighted by Crippen LogP contribution is 2.15. The quantitative estimate of drug-likeness (QED) is 0.794. The van der Waals surface area contributed by atoms with Crippen LogP contribution in [0.5, 0.6) is 0 Å². The van der Waals surface area contributed by atoms with Crippen LogP contribution in [0.1, 0.15) is 24.0 Å². The molecule has 0 atom stereocenters. The normalized spacial score (nSPS) is 11.1. The van der Waals surface area contributed by atoms with Crippen molar-refractivity contribution in [3.05, 3.63) is 41.1 Å². The van der Waals surface area contributed by atoms with E-state index in [2.05, 4.69) is 27.2 Å². The Bertz CT molecular complexity index is 671. The standard InChI is InChI=1S/C13H15N5S/c1-3-10-6-14-9(2)16-12(10)15-7-11-8-18-4-5-19-13(18)17-11/h4-6,8H,3,7H2,1-2H3,(H,14,15,16). The molecule has 0 spiro atoms. The second-order valence-corrected chi connectivity index (χ2v) is 5.20. The lowest BCUT2D eigenvalue weighted by molar-refractivity contribution is 0.961. The molecule has 0 aliphatic rings. The van der Waals surface area contributed by atoms with Crippen molar-refractivity contribution in [2.75, 3.05) is 5.32 Å². The second kappa shape index (κ2) is 4.97. The van der Waals surface area contributed by atoms with E-state index in [0.717, 1.165) is 34.3 Å². The zero-order chi connectivity index (χ0) is 13.2. The van der Waals surface area contributed by atoms with Gasteiger partial charge in [-0.05, 0) is 13.3 Å². The maximum Gasteiger partial charge on any atom is 0.193 e. The Labute approximate surface area is 115 Å². The van der Waals surface area contributed by atoms with E-state index >= 15 is 0 Å². The van der Waals surface area contributed by atoms with Crippen molar-refractivity contribution in [2.45, 2.75) is 26.8 Å². The molecule has 0 amide bonds. The molecule has 1 N–H and O–H groups in total. The van der Waals surface area contributed by atoms with Crippen LogP contribution in [0, 0.1) is 6.92 Å². The minimum atomic E-state index is 0.678. The summed E-state index contributed by atoms with van der Waals surface area (Å²) in [6.07, 6.45) is 6.86. The Hall–Kier alpha value is -1.95. The Morgan fingerprint density at radius 2 is 2.26 bits per heavy atom. The van der Waals surface area contributed by atoms with Crippen LogP contribution in [0.3, 0.4) is 0 Å². The summed E-state index contributed by atoms with van der Waals surface area (Å²) in [5.74, 6) is 1.69. The predicted molar refractivity (Wildman–Crippen MR) is 76.5 cm³/mol. The van der Waals surface area contributed by atoms with Crippen LogP contribution >= 0.6 is 11.3 Å². The van der Waals surface area contributed by atoms with Gasteiger partial charge in [0.05, 0.1) is 12.2 Å². The molecule has 6 heteroatoms. The summed E-state index contributed by atoms with van der Waals surface area (Å²) >= 11 is 1.64. The zero-order valence-electron chi connectivity index (χ0n) is 10.9. The summed E-state index contributed by atoms with van der Waals surface area (Å²) in [4.78, 5) is 14.2. The Balaban J connectivity index is 1.78. The largest absolute Gasteiger partial charge is 0.364 e. The van der Waals surface area contributed by atoms with E-state index in [4.69, 9.17) is 0 Å². The fourth-order valence-electron chi connectivity index (χ4n) is 1.94. The first-order valence-electron chi connectivity index (χ1n) is 6.23. The molecule has 0 aliphatic carbocycles. The first-order chi connectivity index (χ1) is 9.26. The monoisotopic (exact) mass is 273 g/mol. The third kappa shape index (κ3) is 2.44. The van der Waals surface area contributed by atoms with Crippen molar-refractivity contribution in [1.29, 1.82) is 0 Å². The minimum Gasteiger partial charge on any atom is -0.364 e. The number of aromatic nitrogens is 4. The molecule has 0 aliphatic heterocycles. The van der Waals surface area contributed by atoms with Gasteiger partial charge in [-0.25, -0.2) is 15.0 Å². The maximum absolute atomic E-state index is 4.54. The molecular formula is C13H15N5S. The molecule has 3 rings (SSSR count). The molecule has 3 heterocycles. The van der Waals surface area contributed by atoms with Crippen molar-refractivity contribution in [1.82, 2.24) is 19.4 Å². The number of nitrogens with zero attached hydrogens (tertiary/aromatic N) is 4. The number of imidazole rings is 1. The van der Waals surface area contributed by atoms with Gasteiger partial charge in [-0.3, -0.25) is 4.40 Å². The Morgan fingerprint density at radius 3 is 3.05 bits per heavy atom. The highest BCUT2D eigenvalue weighted by Gasteiger charge is 2.06. The van der Waals surface area contributed by atoms with Crippen molar-refractivity contribution in [2.24, 2.45) is 0 Å². The van der Waals surface area contributed by atoms with Gasteiger partial charge in [0.15, 0.2) is 4.96 Å². The van der Waals surface area contributed by atoms with E-state index in [9.17, 15) is 0 Å². The van der Waals surface area contributed by atoms with Crippen LogP contribution < -0.4 is 5.32 Å². The van der Waals surface area contributed by atoms with Crippen LogP contribution in [0.15, 0.2) is 24.0 Å². The Kier molecular flexibility index (Phi) is 3.16. The van der Waals surface area contributed by atoms with Gasteiger partial charge < -0.3 is 5.32 Å². The van der Waals surface area contributed by atoms with Gasteiger partial charge in [-0.1, -0.05) is 6.92 Å². The van der Waals surface area contributed by atoms with E-state index in [-0.39, 0.29) is 0 Å². The number of hydrogen-bond donors (Lipinski definition) is 1. The van der Waals surface area contributed by atoms with Crippen molar-refractivity contribution < 1.29 is 0 Å². The number of nitrogens with one attached hydrogen (secondary N) is 1. The maximum atomic E-state index is 4.54. The van der Waals surface area contributed by atoms with Gasteiger partial charge in [0, 0.05) is 29.5 Å². The first kappa shape index (κ1) is 12.1. The van der Waals surface area contributed by atoms with E-state index in [1.54, 1.807) is 11.3 Å². The number of thiazole rings is 1. The van der Waals surface area contributed by atoms with Gasteiger partial charge in [0.1, 0.15) is 11.6 Å². The lowest BCUT2D eigenvalue weighted by atomic mass is 10.2. The number of anilines is 1. The first-order valence-corrected chi connectivity index (χ1v) is 7.11. The lowest BCUT2D eigenvalue weighted by Gasteiger charge is -2.08. The lowest BCUT2D eigenvalue weighted by Crippen LogP contribution is -2.06. The highest BCUT2D eigenvalue weighted by molar-refractivity contribution is 7.15. The molecule has 98 valence electrons. The summed E-state index contributed by atoms with van der Waals surface area (Å²) in [6, 6.07) is 0. The number of fused-ring (bicyclic) bond motifs is 1. The van der Waals surface area contributed by atoms with Gasteiger partial charge in [0.25, 0.3) is 0 Å². The molecule has 5 nitrogen and oxygen atoms in total. The van der Waals surface area contributed by atoms with E-state index in [1.807, 2.05) is 35.3 Å². The van der Waals surface area contributed by atoms with Crippen molar-refractivity contribution in [3.8, 4) is 0 Å². The minimum absolute atomic E-state index is 0.678. The topological polar surface area (TPSA) is 55.1 Å². The van der Waals surface area contributed by atoms with Crippen LogP contribution in [0.4, 0.5) is 5.82 Å². The highest BCUT2D eigenvalue weighted by atomic mass is 32.1. The third-order valence-corrected chi connectivity index (χ3v) is 3.72. The number of hydrogen-bond acceptors (Lipinski definition) is 5. The molecular weight excluding hydrogens is 258 g/mol. The van der Waals surface area contributed by atoms with Crippen LogP contribution in [-0.4, -0.2) is 19.4 Å². The van der Waals surface area contributed by atoms with Gasteiger partial charge in [-0.2, -0.15) is 0 Å². The average molecular weight is 273 g/mol. The SMILES string of the molecule is CCc1cnc(C)nc1NCc1cn2ccsc2n1. The molecule has 3 aromatic heterocycles. The van der Waals surface area contributed by atoms with E-state index in [0.29, 0.717) is 6.54 Å². The van der Waals surface area contributed by atoms with Crippen molar-refractivity contribution >= 4 is 22.1 Å². The van der Waals surface area contributed by atoms with E-state index in [1.165, 1.54) is 0 Å². The molecule has 0 fully saturated rings. The fraction of sp³-hybridized carbons (Fsp3) is 0.308. The molecule has 0 saturated heterocycles. The van der Waals surface area contributed by atoms with Crippen molar-refractivity contribution in [3.63, 3.8) is 0 Å². The van der Waals surface area contributed by atoms with Crippen LogP contribution in [0.2, 0.25) is 0 Å². The predicted octanol–water partition coefficient (Wildman–Crippen LogP) is 2.67. The Morgan fingerprint density at radius 1 is 1.37 bits per heavy atom. The molecule has 0 aromatic carbocycles. The van der Waals surface area contributed by atoms with Gasteiger partial charge >= 0.3 is 0 Å². The van der Waals surface area contributed by atoms with Gasteiger partial charge in [0.2, 0.25) is 0 Å². The summed E-state index contributed by atoms with van der Waals surface area (Å²) in [7, 11) is 0. The summed E-state index contributed by atoms with van der Waals surface area (Å²) in [5.41, 5.74) is 2.15. The third-order valence-electron chi connectivity index (χ3n) is 2.95. The average Bonchev–Trinajstić information content (AvgIpc) is 2.97. The second-order valence-electron chi connectivity index (χ2n) is 4.32. The molecule has 0 bridgehead atoms. The summed E-state index contributed by atoms with van der Waals surface area (Å²) in [5, 5.41) is 5.38. The molecule has 3 aromatic rings. The smallest absolute Gasteiger partial charge is 0.193 e. The molecule has 0 saturated carbocycles. The zero-order valence-corrected chi connectivity index (χ0v) is 11.7.